The lowest BCUT2D eigenvalue weighted by Crippen LogP contribution is -2.30. The number of hydrogen-bond acceptors (Lipinski definition) is 4. The highest BCUT2D eigenvalue weighted by molar-refractivity contribution is 6.61. The largest absolute Gasteiger partial charge is 0.508 e. The van der Waals surface area contributed by atoms with Gasteiger partial charge in [0.25, 0.3) is 0 Å². The second-order valence-electron chi connectivity index (χ2n) is 2.75. The maximum Gasteiger partial charge on any atom is 0.492 e. The first-order chi connectivity index (χ1) is 6.18. The van der Waals surface area contributed by atoms with E-state index in [9.17, 15) is 5.11 Å². The summed E-state index contributed by atoms with van der Waals surface area (Å²) >= 11 is 0. The lowest BCUT2D eigenvalue weighted by Gasteiger charge is -2.00. The highest BCUT2D eigenvalue weighted by Crippen LogP contribution is 2.18. The van der Waals surface area contributed by atoms with Crippen LogP contribution in [0.4, 0.5) is 0 Å². The molecular weight excluding hydrogens is 171 g/mol. The number of phenols is 1. The predicted molar refractivity (Wildman–Crippen MR) is 47.7 cm³/mol. The zero-order valence-corrected chi connectivity index (χ0v) is 6.64. The second-order valence-corrected chi connectivity index (χ2v) is 2.75. The minimum atomic E-state index is -1.64. The van der Waals surface area contributed by atoms with Crippen molar-refractivity contribution in [1.29, 1.82) is 0 Å². The van der Waals surface area contributed by atoms with Gasteiger partial charge in [0, 0.05) is 10.8 Å². The van der Waals surface area contributed by atoms with E-state index >= 15 is 0 Å². The number of aromatic hydroxyl groups is 1. The summed E-state index contributed by atoms with van der Waals surface area (Å²) in [5, 5.41) is 27.8. The molecule has 13 heavy (non-hydrogen) atoms. The van der Waals surface area contributed by atoms with E-state index in [1.807, 2.05) is 0 Å². The number of fused-ring (bicyclic) bond motifs is 1. The molecule has 2 aromatic rings. The normalized spacial score (nSPS) is 10.6. The molecule has 1 heterocycles. The van der Waals surface area contributed by atoms with Gasteiger partial charge in [-0.3, -0.25) is 0 Å². The van der Waals surface area contributed by atoms with Gasteiger partial charge in [0.15, 0.2) is 0 Å². The summed E-state index contributed by atoms with van der Waals surface area (Å²) in [7, 11) is -1.64. The molecule has 0 saturated carbocycles. The summed E-state index contributed by atoms with van der Waals surface area (Å²) in [6.45, 7) is 0. The first-order valence-corrected chi connectivity index (χ1v) is 3.75. The Morgan fingerprint density at radius 2 is 2.00 bits per heavy atom. The maximum absolute atomic E-state index is 9.21. The Hall–Kier alpha value is -1.46. The van der Waals surface area contributed by atoms with Gasteiger partial charge >= 0.3 is 7.12 Å². The van der Waals surface area contributed by atoms with Crippen molar-refractivity contribution in [1.82, 2.24) is 0 Å². The van der Waals surface area contributed by atoms with Crippen molar-refractivity contribution >= 4 is 23.6 Å². The van der Waals surface area contributed by atoms with Crippen LogP contribution in [0.3, 0.4) is 0 Å². The van der Waals surface area contributed by atoms with Crippen LogP contribution in [0.5, 0.6) is 5.75 Å². The summed E-state index contributed by atoms with van der Waals surface area (Å²) in [6, 6.07) is 4.39. The molecule has 1 aromatic heterocycles. The van der Waals surface area contributed by atoms with Crippen molar-refractivity contribution < 1.29 is 19.6 Å². The molecule has 0 saturated heterocycles. The third-order valence-corrected chi connectivity index (χ3v) is 1.84. The number of rotatable bonds is 1. The number of phenolic OH excluding ortho intramolecular Hbond substituents is 1. The molecule has 66 valence electrons. The van der Waals surface area contributed by atoms with Gasteiger partial charge < -0.3 is 19.6 Å². The van der Waals surface area contributed by atoms with E-state index in [0.717, 1.165) is 0 Å². The van der Waals surface area contributed by atoms with Crippen molar-refractivity contribution in [3.63, 3.8) is 0 Å². The minimum Gasteiger partial charge on any atom is -0.508 e. The molecule has 0 bridgehead atoms. The molecule has 0 fully saturated rings. The van der Waals surface area contributed by atoms with Crippen LogP contribution >= 0.6 is 0 Å². The quantitative estimate of drug-likeness (QED) is 0.529. The Balaban J connectivity index is 2.77. The molecular formula is C8H7BO4. The van der Waals surface area contributed by atoms with Gasteiger partial charge in [0.1, 0.15) is 11.3 Å². The van der Waals surface area contributed by atoms with Gasteiger partial charge in [-0.2, -0.15) is 0 Å². The van der Waals surface area contributed by atoms with E-state index in [1.165, 1.54) is 18.4 Å². The Kier molecular flexibility index (Phi) is 1.75. The van der Waals surface area contributed by atoms with Crippen molar-refractivity contribution in [2.75, 3.05) is 0 Å². The van der Waals surface area contributed by atoms with E-state index in [1.54, 1.807) is 6.07 Å². The molecule has 0 aliphatic heterocycles. The van der Waals surface area contributed by atoms with E-state index < -0.39 is 7.12 Å². The van der Waals surface area contributed by atoms with Gasteiger partial charge in [-0.05, 0) is 18.2 Å². The van der Waals surface area contributed by atoms with Crippen LogP contribution in [0.15, 0.2) is 28.9 Å². The Bertz CT molecular complexity index is 435. The van der Waals surface area contributed by atoms with Crippen molar-refractivity contribution in [2.24, 2.45) is 0 Å². The van der Waals surface area contributed by atoms with Crippen LogP contribution in [-0.2, 0) is 0 Å². The van der Waals surface area contributed by atoms with Crippen LogP contribution in [0.1, 0.15) is 0 Å². The van der Waals surface area contributed by atoms with Crippen LogP contribution in [-0.4, -0.2) is 22.3 Å². The molecule has 2 rings (SSSR count). The molecule has 0 atom stereocenters. The summed E-state index contributed by atoms with van der Waals surface area (Å²) in [5.74, 6) is -0.0167. The monoisotopic (exact) mass is 178 g/mol. The molecule has 0 spiro atoms. The maximum atomic E-state index is 9.21. The van der Waals surface area contributed by atoms with E-state index in [0.29, 0.717) is 11.0 Å². The fourth-order valence-electron chi connectivity index (χ4n) is 1.29. The summed E-state index contributed by atoms with van der Waals surface area (Å²) < 4.78 is 5.03. The molecule has 0 aliphatic carbocycles. The van der Waals surface area contributed by atoms with Crippen LogP contribution < -0.4 is 5.46 Å². The van der Waals surface area contributed by atoms with E-state index in [2.05, 4.69) is 0 Å². The molecule has 1 aromatic carbocycles. The minimum absolute atomic E-state index is 0.0167. The molecule has 3 N–H and O–H groups in total. The number of hydrogen-bond donors (Lipinski definition) is 3. The average molecular weight is 178 g/mol. The average Bonchev–Trinajstić information content (AvgIpc) is 2.49. The zero-order valence-electron chi connectivity index (χ0n) is 6.64. The van der Waals surface area contributed by atoms with Crippen molar-refractivity contribution in [2.45, 2.75) is 0 Å². The van der Waals surface area contributed by atoms with Crippen LogP contribution in [0.2, 0.25) is 0 Å². The standard InChI is InChI=1S/C8H7BO4/c10-6-3-5-1-2-13-8(5)7(4-6)9(11)12/h1-4,10-12H. The lowest BCUT2D eigenvalue weighted by atomic mass is 9.79. The summed E-state index contributed by atoms with van der Waals surface area (Å²) in [4.78, 5) is 0. The molecule has 0 radical (unpaired) electrons. The van der Waals surface area contributed by atoms with E-state index in [-0.39, 0.29) is 11.2 Å². The topological polar surface area (TPSA) is 73.8 Å². The summed E-state index contributed by atoms with van der Waals surface area (Å²) in [5.41, 5.74) is 0.549. The highest BCUT2D eigenvalue weighted by Gasteiger charge is 2.17. The van der Waals surface area contributed by atoms with Gasteiger partial charge in [0.05, 0.1) is 6.26 Å². The first-order valence-electron chi connectivity index (χ1n) is 3.75. The zero-order chi connectivity index (χ0) is 9.42. The summed E-state index contributed by atoms with van der Waals surface area (Å²) in [6.07, 6.45) is 1.43. The molecule has 5 heteroatoms. The lowest BCUT2D eigenvalue weighted by molar-refractivity contribution is 0.424. The smallest absolute Gasteiger partial charge is 0.492 e. The molecule has 4 nitrogen and oxygen atoms in total. The van der Waals surface area contributed by atoms with Gasteiger partial charge in [-0.15, -0.1) is 0 Å². The molecule has 0 amide bonds. The fourth-order valence-corrected chi connectivity index (χ4v) is 1.29. The highest BCUT2D eigenvalue weighted by atomic mass is 16.4. The van der Waals surface area contributed by atoms with Crippen LogP contribution in [0.25, 0.3) is 11.0 Å². The molecule has 0 aliphatic rings. The Labute approximate surface area is 74.2 Å². The van der Waals surface area contributed by atoms with Gasteiger partial charge in [0.2, 0.25) is 0 Å². The van der Waals surface area contributed by atoms with Gasteiger partial charge in [-0.25, -0.2) is 0 Å². The third-order valence-electron chi connectivity index (χ3n) is 1.84. The first kappa shape index (κ1) is 8.16. The predicted octanol–water partition coefficient (Wildman–Crippen LogP) is -0.182. The van der Waals surface area contributed by atoms with Crippen molar-refractivity contribution in [3.8, 4) is 5.75 Å². The number of furan rings is 1. The van der Waals surface area contributed by atoms with Gasteiger partial charge in [-0.1, -0.05) is 0 Å². The Morgan fingerprint density at radius 3 is 2.69 bits per heavy atom. The number of benzene rings is 1. The van der Waals surface area contributed by atoms with E-state index in [4.69, 9.17) is 14.5 Å². The fraction of sp³-hybridized carbons (Fsp3) is 0. The second kappa shape index (κ2) is 2.79. The Morgan fingerprint density at radius 1 is 1.23 bits per heavy atom. The van der Waals surface area contributed by atoms with Crippen molar-refractivity contribution in [3.05, 3.63) is 24.5 Å². The van der Waals surface area contributed by atoms with Crippen LogP contribution in [0, 0.1) is 0 Å². The third kappa shape index (κ3) is 1.28. The molecule has 0 unspecified atom stereocenters. The SMILES string of the molecule is OB(O)c1cc(O)cc2ccoc12.